The van der Waals surface area contributed by atoms with Gasteiger partial charge in [0.1, 0.15) is 5.82 Å². The van der Waals surface area contributed by atoms with Crippen molar-refractivity contribution in [2.45, 2.75) is 13.3 Å². The number of rotatable bonds is 3. The number of carbonyl (C=O) groups is 1. The summed E-state index contributed by atoms with van der Waals surface area (Å²) in [7, 11) is 0. The molecule has 17 heavy (non-hydrogen) atoms. The lowest BCUT2D eigenvalue weighted by atomic mass is 10.1. The average Bonchev–Trinajstić information content (AvgIpc) is 2.70. The molecule has 0 saturated carbocycles. The van der Waals surface area contributed by atoms with E-state index in [1.807, 2.05) is 19.1 Å². The average molecular weight is 269 g/mol. The number of aryl methyl sites for hydroxylation is 1. The zero-order valence-corrected chi connectivity index (χ0v) is 10.7. The van der Waals surface area contributed by atoms with Crippen LogP contribution in [0.25, 0.3) is 0 Å². The second-order valence-electron chi connectivity index (χ2n) is 3.76. The molecule has 1 nitrogen and oxygen atoms in total. The van der Waals surface area contributed by atoms with E-state index in [1.165, 1.54) is 23.5 Å². The molecule has 0 aliphatic carbocycles. The first kappa shape index (κ1) is 12.3. The summed E-state index contributed by atoms with van der Waals surface area (Å²) in [5.74, 6) is -0.430. The van der Waals surface area contributed by atoms with Crippen LogP contribution >= 0.6 is 22.9 Å². The number of ketones is 1. The van der Waals surface area contributed by atoms with Crippen molar-refractivity contribution in [1.82, 2.24) is 0 Å². The summed E-state index contributed by atoms with van der Waals surface area (Å²) in [6.45, 7) is 1.95. The Labute approximate surface area is 108 Å². The van der Waals surface area contributed by atoms with Crippen molar-refractivity contribution in [3.8, 4) is 0 Å². The van der Waals surface area contributed by atoms with Gasteiger partial charge in [-0.15, -0.1) is 11.3 Å². The molecular formula is C13H10ClFOS. The van der Waals surface area contributed by atoms with E-state index < -0.39 is 5.82 Å². The maximum absolute atomic E-state index is 12.9. The van der Waals surface area contributed by atoms with Gasteiger partial charge in [0.15, 0.2) is 5.78 Å². The van der Waals surface area contributed by atoms with Crippen LogP contribution in [0.1, 0.15) is 20.1 Å². The Kier molecular flexibility index (Phi) is 3.60. The minimum absolute atomic E-state index is 0.0331. The fourth-order valence-electron chi connectivity index (χ4n) is 1.51. The number of carbonyl (C=O) groups excluding carboxylic acids is 1. The highest BCUT2D eigenvalue weighted by Crippen LogP contribution is 2.20. The Bertz CT molecular complexity index is 562. The molecule has 88 valence electrons. The van der Waals surface area contributed by atoms with E-state index in [4.69, 9.17) is 11.6 Å². The molecule has 1 aromatic heterocycles. The molecule has 0 atom stereocenters. The van der Waals surface area contributed by atoms with Crippen LogP contribution in [0.4, 0.5) is 4.39 Å². The Morgan fingerprint density at radius 1 is 1.35 bits per heavy atom. The van der Waals surface area contributed by atoms with Crippen LogP contribution in [0, 0.1) is 12.7 Å². The predicted molar refractivity (Wildman–Crippen MR) is 68.5 cm³/mol. The molecule has 4 heteroatoms. The summed E-state index contributed by atoms with van der Waals surface area (Å²) in [4.78, 5) is 13.7. The van der Waals surface area contributed by atoms with Gasteiger partial charge in [0, 0.05) is 11.3 Å². The molecule has 0 radical (unpaired) electrons. The zero-order chi connectivity index (χ0) is 12.4. The second-order valence-corrected chi connectivity index (χ2v) is 5.45. The molecule has 0 N–H and O–H groups in total. The normalized spacial score (nSPS) is 10.5. The number of hydrogen-bond acceptors (Lipinski definition) is 2. The number of hydrogen-bond donors (Lipinski definition) is 0. The number of thiophene rings is 1. The summed E-state index contributed by atoms with van der Waals surface area (Å²) < 4.78 is 12.9. The van der Waals surface area contributed by atoms with Crippen LogP contribution in [0.15, 0.2) is 30.3 Å². The number of halogens is 2. The smallest absolute Gasteiger partial charge is 0.177 e. The lowest BCUT2D eigenvalue weighted by molar-refractivity contribution is 0.0997. The van der Waals surface area contributed by atoms with Crippen molar-refractivity contribution in [3.05, 3.63) is 56.5 Å². The molecule has 0 amide bonds. The van der Waals surface area contributed by atoms with E-state index in [1.54, 1.807) is 6.07 Å². The molecule has 0 aliphatic rings. The van der Waals surface area contributed by atoms with Crippen molar-refractivity contribution in [3.63, 3.8) is 0 Å². The van der Waals surface area contributed by atoms with Gasteiger partial charge in [-0.05, 0) is 36.8 Å². The molecule has 0 fully saturated rings. The molecule has 1 heterocycles. The molecule has 0 saturated heterocycles. The largest absolute Gasteiger partial charge is 0.293 e. The third-order valence-electron chi connectivity index (χ3n) is 2.36. The standard InChI is InChI=1S/C13H10ClFOS/c1-8-2-5-13(17-8)12(16)7-9-3-4-11(15)10(14)6-9/h2-6H,7H2,1H3. The lowest BCUT2D eigenvalue weighted by Gasteiger charge is -2.01. The summed E-state index contributed by atoms with van der Waals surface area (Å²) in [6, 6.07) is 8.09. The van der Waals surface area contributed by atoms with Crippen molar-refractivity contribution < 1.29 is 9.18 Å². The lowest BCUT2D eigenvalue weighted by Crippen LogP contribution is -2.01. The summed E-state index contributed by atoms with van der Waals surface area (Å²) >= 11 is 7.13. The summed E-state index contributed by atoms with van der Waals surface area (Å²) in [6.07, 6.45) is 0.250. The third kappa shape index (κ3) is 2.93. The molecule has 0 unspecified atom stereocenters. The first-order chi connectivity index (χ1) is 8.06. The van der Waals surface area contributed by atoms with Crippen LogP contribution in [0.3, 0.4) is 0 Å². The SMILES string of the molecule is Cc1ccc(C(=O)Cc2ccc(F)c(Cl)c2)s1. The second kappa shape index (κ2) is 4.98. The van der Waals surface area contributed by atoms with Gasteiger partial charge in [-0.25, -0.2) is 4.39 Å². The topological polar surface area (TPSA) is 17.1 Å². The Morgan fingerprint density at radius 2 is 2.12 bits per heavy atom. The summed E-state index contributed by atoms with van der Waals surface area (Å²) in [5.41, 5.74) is 0.729. The van der Waals surface area contributed by atoms with Gasteiger partial charge in [0.2, 0.25) is 0 Å². The Hall–Kier alpha value is -1.19. The highest BCUT2D eigenvalue weighted by Gasteiger charge is 2.10. The minimum atomic E-state index is -0.463. The van der Waals surface area contributed by atoms with E-state index in [2.05, 4.69) is 0 Å². The van der Waals surface area contributed by atoms with Gasteiger partial charge in [-0.2, -0.15) is 0 Å². The van der Waals surface area contributed by atoms with E-state index in [0.29, 0.717) is 0 Å². The van der Waals surface area contributed by atoms with Crippen LogP contribution < -0.4 is 0 Å². The monoisotopic (exact) mass is 268 g/mol. The van der Waals surface area contributed by atoms with E-state index in [9.17, 15) is 9.18 Å². The molecular weight excluding hydrogens is 259 g/mol. The molecule has 1 aromatic carbocycles. The molecule has 0 spiro atoms. The predicted octanol–water partition coefficient (Wildman–Crippen LogP) is 4.27. The maximum Gasteiger partial charge on any atom is 0.177 e. The third-order valence-corrected chi connectivity index (χ3v) is 3.70. The molecule has 2 aromatic rings. The van der Waals surface area contributed by atoms with Gasteiger partial charge < -0.3 is 0 Å². The van der Waals surface area contributed by atoms with E-state index >= 15 is 0 Å². The van der Waals surface area contributed by atoms with Crippen LogP contribution in [0.2, 0.25) is 5.02 Å². The quantitative estimate of drug-likeness (QED) is 0.760. The number of benzene rings is 1. The van der Waals surface area contributed by atoms with Crippen molar-refractivity contribution in [2.24, 2.45) is 0 Å². The number of Topliss-reactive ketones (excluding diaryl/α,β-unsaturated/α-hetero) is 1. The van der Waals surface area contributed by atoms with Gasteiger partial charge in [0.05, 0.1) is 9.90 Å². The maximum atomic E-state index is 12.9. The molecule has 2 rings (SSSR count). The van der Waals surface area contributed by atoms with Crippen molar-refractivity contribution in [2.75, 3.05) is 0 Å². The van der Waals surface area contributed by atoms with Gasteiger partial charge in [-0.3, -0.25) is 4.79 Å². The fraction of sp³-hybridized carbons (Fsp3) is 0.154. The van der Waals surface area contributed by atoms with Crippen molar-refractivity contribution >= 4 is 28.7 Å². The van der Waals surface area contributed by atoms with E-state index in [0.717, 1.165) is 15.3 Å². The van der Waals surface area contributed by atoms with Gasteiger partial charge in [-0.1, -0.05) is 17.7 Å². The highest BCUT2D eigenvalue weighted by molar-refractivity contribution is 7.14. The Balaban J connectivity index is 2.15. The fourth-order valence-corrected chi connectivity index (χ4v) is 2.51. The zero-order valence-electron chi connectivity index (χ0n) is 9.17. The van der Waals surface area contributed by atoms with E-state index in [-0.39, 0.29) is 17.2 Å². The minimum Gasteiger partial charge on any atom is -0.293 e. The highest BCUT2D eigenvalue weighted by atomic mass is 35.5. The molecule has 0 bridgehead atoms. The van der Waals surface area contributed by atoms with Crippen molar-refractivity contribution in [1.29, 1.82) is 0 Å². The van der Waals surface area contributed by atoms with Gasteiger partial charge in [0.25, 0.3) is 0 Å². The van der Waals surface area contributed by atoms with Crippen LogP contribution in [-0.2, 0) is 6.42 Å². The molecule has 0 aliphatic heterocycles. The first-order valence-corrected chi connectivity index (χ1v) is 6.29. The first-order valence-electron chi connectivity index (χ1n) is 5.10. The Morgan fingerprint density at radius 3 is 2.71 bits per heavy atom. The van der Waals surface area contributed by atoms with Crippen LogP contribution in [0.5, 0.6) is 0 Å². The van der Waals surface area contributed by atoms with Crippen LogP contribution in [-0.4, -0.2) is 5.78 Å². The van der Waals surface area contributed by atoms with Gasteiger partial charge >= 0.3 is 0 Å². The summed E-state index contributed by atoms with van der Waals surface area (Å²) in [5, 5.41) is 0.0534.